The monoisotopic (exact) mass is 499 g/mol. The molecule has 1 saturated heterocycles. The Morgan fingerprint density at radius 3 is 2.68 bits per heavy atom. The van der Waals surface area contributed by atoms with Gasteiger partial charge in [-0.2, -0.15) is 10.2 Å². The molecule has 6 nitrogen and oxygen atoms in total. The van der Waals surface area contributed by atoms with Crippen molar-refractivity contribution in [2.75, 3.05) is 14.1 Å². The van der Waals surface area contributed by atoms with Gasteiger partial charge in [0.05, 0.1) is 29.0 Å². The Hall–Kier alpha value is -2.38. The van der Waals surface area contributed by atoms with Gasteiger partial charge in [-0.15, -0.1) is 0 Å². The van der Waals surface area contributed by atoms with Crippen molar-refractivity contribution in [3.63, 3.8) is 0 Å². The number of hydrogen-bond acceptors (Lipinski definition) is 6. The van der Waals surface area contributed by atoms with E-state index in [1.165, 1.54) is 16.7 Å². The molecule has 0 radical (unpaired) electrons. The van der Waals surface area contributed by atoms with Crippen LogP contribution in [0.2, 0.25) is 0 Å². The summed E-state index contributed by atoms with van der Waals surface area (Å²) in [5.74, 6) is 0.287. The molecule has 2 unspecified atom stereocenters. The van der Waals surface area contributed by atoms with Crippen LogP contribution < -0.4 is 0 Å². The molecule has 1 aromatic carbocycles. The van der Waals surface area contributed by atoms with Crippen LogP contribution in [-0.4, -0.2) is 68.9 Å². The van der Waals surface area contributed by atoms with Gasteiger partial charge in [0.2, 0.25) is 0 Å². The van der Waals surface area contributed by atoms with Crippen LogP contribution in [0.4, 0.5) is 0 Å². The van der Waals surface area contributed by atoms with Crippen molar-refractivity contribution in [1.82, 2.24) is 15.1 Å². The number of aromatic nitrogens is 2. The average molecular weight is 500 g/mol. The fourth-order valence-corrected chi connectivity index (χ4v) is 8.67. The summed E-state index contributed by atoms with van der Waals surface area (Å²) in [6, 6.07) is 8.42. The first-order valence-electron chi connectivity index (χ1n) is 13.6. The summed E-state index contributed by atoms with van der Waals surface area (Å²) in [5, 5.41) is 31.7. The zero-order valence-electron chi connectivity index (χ0n) is 22.4. The van der Waals surface area contributed by atoms with Crippen LogP contribution >= 0.6 is 0 Å². The molecule has 2 fully saturated rings. The van der Waals surface area contributed by atoms with Gasteiger partial charge in [-0.3, -0.25) is 0 Å². The van der Waals surface area contributed by atoms with Crippen molar-refractivity contribution in [2.24, 2.45) is 16.7 Å². The fraction of sp³-hybridized carbons (Fsp3) is 0.548. The maximum Gasteiger partial charge on any atom is 0.105 e. The third-order valence-electron chi connectivity index (χ3n) is 10.9. The molecule has 2 aromatic rings. The Morgan fingerprint density at radius 1 is 1.08 bits per heavy atom. The number of nitrogens with zero attached hydrogens (tertiary/aromatic N) is 3. The molecular formula is C31H37N3O3. The third-order valence-corrected chi connectivity index (χ3v) is 10.9. The zero-order valence-corrected chi connectivity index (χ0v) is 22.4. The summed E-state index contributed by atoms with van der Waals surface area (Å²) < 4.78 is 7.32. The molecule has 0 amide bonds. The molecule has 2 aliphatic heterocycles. The van der Waals surface area contributed by atoms with Gasteiger partial charge in [-0.05, 0) is 85.7 Å². The number of rotatable bonds is 2. The van der Waals surface area contributed by atoms with Crippen LogP contribution in [0.3, 0.4) is 0 Å². The highest BCUT2D eigenvalue weighted by Crippen LogP contribution is 2.71. The standard InChI is InChI=1S/C31H37N3O3/c1-28(2)16-20-15-22-26(35)27(36)24(34(4)5)17-30(22)11-12-31(20,37-30)25-9-7-21(29(25,28)3)18-6-8-23-19(14-18)10-13-32-33-23/h6-8,10,13-16,24-27,35-36H,9,11-12,17H2,1-5H3/t24?,25?,26-,27-,29-,30-,31-/m1/s1. The van der Waals surface area contributed by atoms with E-state index in [0.717, 1.165) is 35.7 Å². The van der Waals surface area contributed by atoms with E-state index >= 15 is 0 Å². The maximum atomic E-state index is 11.3. The van der Waals surface area contributed by atoms with Crippen LogP contribution in [0.1, 0.15) is 52.0 Å². The molecular weight excluding hydrogens is 462 g/mol. The molecule has 7 rings (SSSR count). The lowest BCUT2D eigenvalue weighted by Crippen LogP contribution is -2.63. The van der Waals surface area contributed by atoms with Gasteiger partial charge >= 0.3 is 0 Å². The normalized spacial score (nSPS) is 41.6. The van der Waals surface area contributed by atoms with Crippen molar-refractivity contribution < 1.29 is 14.9 Å². The van der Waals surface area contributed by atoms with Gasteiger partial charge in [0.15, 0.2) is 0 Å². The smallest absolute Gasteiger partial charge is 0.105 e. The van der Waals surface area contributed by atoms with Crippen molar-refractivity contribution in [2.45, 2.75) is 75.9 Å². The van der Waals surface area contributed by atoms with Crippen LogP contribution in [-0.2, 0) is 4.74 Å². The second-order valence-electron chi connectivity index (χ2n) is 13.0. The minimum absolute atomic E-state index is 0.130. The second-order valence-corrected chi connectivity index (χ2v) is 13.0. The lowest BCUT2D eigenvalue weighted by Gasteiger charge is -2.60. The Bertz CT molecular complexity index is 1410. The van der Waals surface area contributed by atoms with Crippen molar-refractivity contribution >= 4 is 16.5 Å². The van der Waals surface area contributed by atoms with Crippen LogP contribution in [0.15, 0.2) is 59.8 Å². The molecule has 1 aromatic heterocycles. The SMILES string of the molecule is CN(C)C1C[C@@]23CC[C@@]4(O2)C(=CC(C)(C)[C@]2(C)C(c5ccc6nnccc6c5)=CCC42)C=C3[C@@H](O)[C@@H]1O. The first-order valence-corrected chi connectivity index (χ1v) is 13.6. The Labute approximate surface area is 218 Å². The lowest BCUT2D eigenvalue weighted by molar-refractivity contribution is -0.170. The number of benzene rings is 1. The molecule has 194 valence electrons. The van der Waals surface area contributed by atoms with Gasteiger partial charge in [0.1, 0.15) is 6.10 Å². The van der Waals surface area contributed by atoms with Crippen molar-refractivity contribution in [1.29, 1.82) is 0 Å². The fourth-order valence-electron chi connectivity index (χ4n) is 8.67. The summed E-state index contributed by atoms with van der Waals surface area (Å²) in [7, 11) is 3.96. The highest BCUT2D eigenvalue weighted by molar-refractivity contribution is 5.85. The van der Waals surface area contributed by atoms with Crippen molar-refractivity contribution in [3.8, 4) is 0 Å². The molecule has 6 heteroatoms. The Kier molecular flexibility index (Phi) is 4.73. The molecule has 3 aliphatic carbocycles. The van der Waals surface area contributed by atoms with E-state index < -0.39 is 17.8 Å². The Morgan fingerprint density at radius 2 is 1.89 bits per heavy atom. The van der Waals surface area contributed by atoms with Gasteiger partial charge in [-0.1, -0.05) is 45.1 Å². The quantitative estimate of drug-likeness (QED) is 0.642. The average Bonchev–Trinajstić information content (AvgIpc) is 3.40. The molecule has 2 spiro atoms. The topological polar surface area (TPSA) is 78.7 Å². The van der Waals surface area contributed by atoms with Gasteiger partial charge in [-0.25, -0.2) is 0 Å². The number of aliphatic hydroxyl groups excluding tert-OH is 2. The maximum absolute atomic E-state index is 11.3. The highest BCUT2D eigenvalue weighted by Gasteiger charge is 2.70. The number of hydrogen-bond donors (Lipinski definition) is 2. The van der Waals surface area contributed by atoms with E-state index in [2.05, 4.69) is 67.4 Å². The van der Waals surface area contributed by atoms with Gasteiger partial charge in [0, 0.05) is 22.8 Å². The molecule has 7 atom stereocenters. The first-order chi connectivity index (χ1) is 17.5. The predicted octanol–water partition coefficient (Wildman–Crippen LogP) is 4.29. The van der Waals surface area contributed by atoms with Crippen LogP contribution in [0.5, 0.6) is 0 Å². The number of fused-ring (bicyclic) bond motifs is 2. The molecule has 37 heavy (non-hydrogen) atoms. The van der Waals surface area contributed by atoms with Crippen LogP contribution in [0.25, 0.3) is 16.5 Å². The number of allylic oxidation sites excluding steroid dienone is 3. The Balaban J connectivity index is 1.36. The zero-order chi connectivity index (χ0) is 26.0. The lowest BCUT2D eigenvalue weighted by atomic mass is 9.49. The van der Waals surface area contributed by atoms with Gasteiger partial charge < -0.3 is 19.8 Å². The van der Waals surface area contributed by atoms with E-state index in [1.54, 1.807) is 6.20 Å². The summed E-state index contributed by atoms with van der Waals surface area (Å²) in [6.45, 7) is 7.12. The van der Waals surface area contributed by atoms with E-state index in [-0.39, 0.29) is 28.4 Å². The van der Waals surface area contributed by atoms with E-state index in [0.29, 0.717) is 6.42 Å². The number of ether oxygens (including phenoxy) is 1. The molecule has 3 heterocycles. The molecule has 2 N–H and O–H groups in total. The van der Waals surface area contributed by atoms with Crippen molar-refractivity contribution in [3.05, 3.63) is 65.4 Å². The van der Waals surface area contributed by atoms with E-state index in [9.17, 15) is 10.2 Å². The first kappa shape index (κ1) is 23.7. The van der Waals surface area contributed by atoms with E-state index in [4.69, 9.17) is 4.74 Å². The van der Waals surface area contributed by atoms with Crippen LogP contribution in [0, 0.1) is 16.7 Å². The molecule has 1 saturated carbocycles. The largest absolute Gasteiger partial charge is 0.388 e. The number of aliphatic hydroxyl groups is 2. The number of likely N-dealkylation sites (N-methyl/N-ethyl adjacent to an activating group) is 1. The van der Waals surface area contributed by atoms with Gasteiger partial charge in [0.25, 0.3) is 0 Å². The summed E-state index contributed by atoms with van der Waals surface area (Å²) in [6.07, 6.45) is 10.6. The third kappa shape index (κ3) is 2.85. The summed E-state index contributed by atoms with van der Waals surface area (Å²) in [5.41, 5.74) is 4.44. The predicted molar refractivity (Wildman–Crippen MR) is 144 cm³/mol. The summed E-state index contributed by atoms with van der Waals surface area (Å²) in [4.78, 5) is 2.03. The van der Waals surface area contributed by atoms with E-state index in [1.807, 2.05) is 25.1 Å². The minimum Gasteiger partial charge on any atom is -0.388 e. The second kappa shape index (κ2) is 7.38. The molecule has 5 aliphatic rings. The highest BCUT2D eigenvalue weighted by atomic mass is 16.5. The summed E-state index contributed by atoms with van der Waals surface area (Å²) >= 11 is 0. The minimum atomic E-state index is -0.910. The molecule has 2 bridgehead atoms.